The molecule has 1 aliphatic heterocycles. The third-order valence-corrected chi connectivity index (χ3v) is 8.85. The zero-order valence-corrected chi connectivity index (χ0v) is 23.0. The molecule has 0 spiro atoms. The number of nitriles is 1. The van der Waals surface area contributed by atoms with E-state index in [2.05, 4.69) is 11.2 Å². The molecule has 11 heteroatoms. The molecular formula is C27H22N2O6S3. The topological polar surface area (TPSA) is 123 Å². The van der Waals surface area contributed by atoms with Crippen LogP contribution in [0, 0.1) is 32.1 Å². The van der Waals surface area contributed by atoms with Gasteiger partial charge in [-0.2, -0.15) is 22.1 Å². The number of hydrogen-bond acceptors (Lipinski definition) is 9. The summed E-state index contributed by atoms with van der Waals surface area (Å²) in [6, 6.07) is 19.3. The number of thioether (sulfide) groups is 1. The van der Waals surface area contributed by atoms with Gasteiger partial charge in [0.15, 0.2) is 0 Å². The van der Waals surface area contributed by atoms with Crippen molar-refractivity contribution in [3.63, 3.8) is 0 Å². The Kier molecular flexibility index (Phi) is 7.78. The molecule has 0 N–H and O–H groups in total. The van der Waals surface area contributed by atoms with Crippen molar-refractivity contribution in [3.05, 3.63) is 105 Å². The molecule has 0 radical (unpaired) electrons. The summed E-state index contributed by atoms with van der Waals surface area (Å²) < 4.78 is 61.1. The van der Waals surface area contributed by atoms with Crippen molar-refractivity contribution in [2.75, 3.05) is 0 Å². The van der Waals surface area contributed by atoms with Crippen LogP contribution in [0.4, 0.5) is 0 Å². The van der Waals surface area contributed by atoms with Crippen LogP contribution in [0.5, 0.6) is 5.75 Å². The highest BCUT2D eigenvalue weighted by molar-refractivity contribution is 8.07. The van der Waals surface area contributed by atoms with E-state index in [1.807, 2.05) is 32.0 Å². The zero-order valence-electron chi connectivity index (χ0n) is 20.6. The summed E-state index contributed by atoms with van der Waals surface area (Å²) in [5.41, 5.74) is 3.31. The van der Waals surface area contributed by atoms with E-state index < -0.39 is 20.2 Å². The van der Waals surface area contributed by atoms with Crippen molar-refractivity contribution in [1.82, 2.24) is 0 Å². The molecule has 3 aromatic carbocycles. The minimum absolute atomic E-state index is 0.0203. The van der Waals surface area contributed by atoms with Crippen molar-refractivity contribution in [2.24, 2.45) is 5.16 Å². The lowest BCUT2D eigenvalue weighted by atomic mass is 10.0. The monoisotopic (exact) mass is 566 g/mol. The van der Waals surface area contributed by atoms with Crippen LogP contribution in [-0.2, 0) is 24.5 Å². The second kappa shape index (κ2) is 10.9. The van der Waals surface area contributed by atoms with E-state index in [1.54, 1.807) is 29.7 Å². The van der Waals surface area contributed by atoms with Crippen LogP contribution in [0.3, 0.4) is 0 Å². The van der Waals surface area contributed by atoms with E-state index in [-0.39, 0.29) is 26.8 Å². The molecule has 0 amide bonds. The van der Waals surface area contributed by atoms with Crippen molar-refractivity contribution < 1.29 is 25.3 Å². The lowest BCUT2D eigenvalue weighted by molar-refractivity contribution is 0.339. The fourth-order valence-electron chi connectivity index (χ4n) is 3.52. The number of rotatable bonds is 7. The average molecular weight is 567 g/mol. The Labute approximate surface area is 226 Å². The van der Waals surface area contributed by atoms with Gasteiger partial charge in [-0.3, -0.25) is 4.28 Å². The molecule has 0 saturated heterocycles. The van der Waals surface area contributed by atoms with Crippen LogP contribution in [0.1, 0.15) is 22.3 Å². The third kappa shape index (κ3) is 5.83. The van der Waals surface area contributed by atoms with E-state index >= 15 is 0 Å². The Hall–Kier alpha value is -3.85. The van der Waals surface area contributed by atoms with Gasteiger partial charge in [0.1, 0.15) is 27.3 Å². The van der Waals surface area contributed by atoms with Gasteiger partial charge in [0.05, 0.1) is 10.5 Å². The van der Waals surface area contributed by atoms with E-state index in [1.165, 1.54) is 49.0 Å². The Balaban J connectivity index is 1.58. The molecule has 0 aromatic heterocycles. The largest absolute Gasteiger partial charge is 0.379 e. The maximum Gasteiger partial charge on any atom is 0.358 e. The fourth-order valence-corrected chi connectivity index (χ4v) is 6.16. The Morgan fingerprint density at radius 2 is 1.55 bits per heavy atom. The van der Waals surface area contributed by atoms with Crippen molar-refractivity contribution in [3.8, 4) is 11.8 Å². The maximum absolute atomic E-state index is 12.9. The molecule has 38 heavy (non-hydrogen) atoms. The first kappa shape index (κ1) is 27.2. The number of benzene rings is 3. The summed E-state index contributed by atoms with van der Waals surface area (Å²) >= 11 is 1.24. The van der Waals surface area contributed by atoms with Crippen molar-refractivity contribution >= 4 is 43.3 Å². The molecule has 8 nitrogen and oxygen atoms in total. The van der Waals surface area contributed by atoms with Crippen LogP contribution in [0.2, 0.25) is 0 Å². The van der Waals surface area contributed by atoms with Crippen LogP contribution < -0.4 is 4.18 Å². The third-order valence-electron chi connectivity index (χ3n) is 5.58. The van der Waals surface area contributed by atoms with Crippen molar-refractivity contribution in [1.29, 1.82) is 5.26 Å². The predicted molar refractivity (Wildman–Crippen MR) is 146 cm³/mol. The number of nitrogens with zero attached hydrogens (tertiary/aromatic N) is 2. The first-order valence-corrected chi connectivity index (χ1v) is 14.9. The van der Waals surface area contributed by atoms with Gasteiger partial charge in [0.25, 0.3) is 0 Å². The van der Waals surface area contributed by atoms with E-state index in [9.17, 15) is 22.1 Å². The summed E-state index contributed by atoms with van der Waals surface area (Å²) in [4.78, 5) is 0.212. The Morgan fingerprint density at radius 3 is 2.21 bits per heavy atom. The minimum Gasteiger partial charge on any atom is -0.379 e. The fraction of sp³-hybridized carbons (Fsp3) is 0.111. The molecule has 0 fully saturated rings. The highest BCUT2D eigenvalue weighted by atomic mass is 32.2. The van der Waals surface area contributed by atoms with E-state index in [0.29, 0.717) is 16.0 Å². The number of aryl methyl sites for hydroxylation is 3. The van der Waals surface area contributed by atoms with Gasteiger partial charge in [-0.25, -0.2) is 0 Å². The highest BCUT2D eigenvalue weighted by Crippen LogP contribution is 2.35. The van der Waals surface area contributed by atoms with Gasteiger partial charge in [-0.15, -0.1) is 0 Å². The molecule has 0 atom stereocenters. The number of oxime groups is 1. The molecule has 3 aromatic rings. The SMILES string of the molecule is Cc1ccc(S(=O)(=O)Oc2ccc(S(=O)(=O)O/N=C3/C=CS/C3=C(/C#N)c3ccccc3C)cc2C)cc1. The minimum atomic E-state index is -4.36. The summed E-state index contributed by atoms with van der Waals surface area (Å²) in [7, 11) is -8.47. The van der Waals surface area contributed by atoms with Gasteiger partial charge in [-0.1, -0.05) is 58.9 Å². The zero-order chi connectivity index (χ0) is 27.5. The first-order chi connectivity index (χ1) is 18.0. The first-order valence-electron chi connectivity index (χ1n) is 11.2. The van der Waals surface area contributed by atoms with Gasteiger partial charge in [0, 0.05) is 0 Å². The summed E-state index contributed by atoms with van der Waals surface area (Å²) in [6.45, 7) is 5.22. The quantitative estimate of drug-likeness (QED) is 0.205. The maximum atomic E-state index is 12.9. The van der Waals surface area contributed by atoms with Crippen molar-refractivity contribution in [2.45, 2.75) is 30.6 Å². The average Bonchev–Trinajstić information content (AvgIpc) is 3.34. The van der Waals surface area contributed by atoms with E-state index in [4.69, 9.17) is 8.47 Å². The standard InChI is InChI=1S/C27H22N2O6S3/c1-18-8-10-21(11-9-18)37(30,31)34-26-13-12-22(16-20(26)3)38(32,33)35-29-25-14-15-36-27(25)24(17-28)23-7-5-4-6-19(23)2/h4-16H,1-3H3/b27-24-,29-25-. The molecule has 0 aliphatic carbocycles. The lowest BCUT2D eigenvalue weighted by Gasteiger charge is -2.11. The second-order valence-electron chi connectivity index (χ2n) is 8.33. The second-order valence-corrected chi connectivity index (χ2v) is 12.3. The summed E-state index contributed by atoms with van der Waals surface area (Å²) in [5.74, 6) is -0.0203. The van der Waals surface area contributed by atoms with Gasteiger partial charge in [-0.05, 0) is 79.3 Å². The molecule has 1 aliphatic rings. The molecule has 194 valence electrons. The van der Waals surface area contributed by atoms with E-state index in [0.717, 1.165) is 11.1 Å². The van der Waals surface area contributed by atoms with Crippen LogP contribution in [0.15, 0.2) is 98.1 Å². The normalized spacial score (nSPS) is 15.8. The van der Waals surface area contributed by atoms with Crippen LogP contribution >= 0.6 is 11.8 Å². The smallest absolute Gasteiger partial charge is 0.358 e. The molecule has 4 rings (SSSR count). The predicted octanol–water partition coefficient (Wildman–Crippen LogP) is 5.64. The molecule has 0 unspecified atom stereocenters. The molecule has 0 bridgehead atoms. The molecule has 0 saturated carbocycles. The highest BCUT2D eigenvalue weighted by Gasteiger charge is 2.24. The van der Waals surface area contributed by atoms with Gasteiger partial charge < -0.3 is 4.18 Å². The van der Waals surface area contributed by atoms with Crippen LogP contribution in [-0.4, -0.2) is 22.5 Å². The van der Waals surface area contributed by atoms with Crippen LogP contribution in [0.25, 0.3) is 5.57 Å². The number of hydrogen-bond donors (Lipinski definition) is 0. The molecule has 1 heterocycles. The lowest BCUT2D eigenvalue weighted by Crippen LogP contribution is -2.11. The summed E-state index contributed by atoms with van der Waals surface area (Å²) in [5, 5.41) is 15.3. The molecular weight excluding hydrogens is 545 g/mol. The number of allylic oxidation sites excluding steroid dienone is 3. The Morgan fingerprint density at radius 1 is 0.868 bits per heavy atom. The summed E-state index contributed by atoms with van der Waals surface area (Å²) in [6.07, 6.45) is 1.56. The van der Waals surface area contributed by atoms with Gasteiger partial charge >= 0.3 is 20.2 Å². The van der Waals surface area contributed by atoms with Gasteiger partial charge in [0.2, 0.25) is 0 Å². The Bertz CT molecular complexity index is 1750.